The SMILES string of the molecule is CCOc1ccc(C2(CNC(=O)C=Cc3ccccc3Br)CCOCC2)cc1. The molecular weight excluding hydrogens is 418 g/mol. The molecular formula is C23H26BrNO3. The first-order valence-corrected chi connectivity index (χ1v) is 10.4. The fourth-order valence-corrected chi connectivity index (χ4v) is 3.91. The van der Waals surface area contributed by atoms with E-state index in [9.17, 15) is 4.79 Å². The second-order valence-corrected chi connectivity index (χ2v) is 7.78. The minimum Gasteiger partial charge on any atom is -0.494 e. The lowest BCUT2D eigenvalue weighted by molar-refractivity contribution is -0.116. The molecule has 1 heterocycles. The van der Waals surface area contributed by atoms with Crippen LogP contribution in [0.4, 0.5) is 0 Å². The Morgan fingerprint density at radius 2 is 1.89 bits per heavy atom. The van der Waals surface area contributed by atoms with E-state index in [2.05, 4.69) is 33.4 Å². The van der Waals surface area contributed by atoms with E-state index in [1.165, 1.54) is 5.56 Å². The highest BCUT2D eigenvalue weighted by Crippen LogP contribution is 2.35. The van der Waals surface area contributed by atoms with Gasteiger partial charge in [0.2, 0.25) is 5.91 Å². The number of carbonyl (C=O) groups is 1. The van der Waals surface area contributed by atoms with Gasteiger partial charge in [0.1, 0.15) is 5.75 Å². The van der Waals surface area contributed by atoms with Crippen LogP contribution < -0.4 is 10.1 Å². The van der Waals surface area contributed by atoms with E-state index in [1.807, 2.05) is 49.4 Å². The molecule has 28 heavy (non-hydrogen) atoms. The van der Waals surface area contributed by atoms with E-state index >= 15 is 0 Å². The van der Waals surface area contributed by atoms with Crippen molar-refractivity contribution in [1.82, 2.24) is 5.32 Å². The number of carbonyl (C=O) groups excluding carboxylic acids is 1. The van der Waals surface area contributed by atoms with E-state index in [0.29, 0.717) is 26.4 Å². The normalized spacial score (nSPS) is 16.1. The summed E-state index contributed by atoms with van der Waals surface area (Å²) >= 11 is 3.50. The molecule has 1 amide bonds. The standard InChI is InChI=1S/C23H26BrNO3/c1-2-28-20-10-8-19(9-11-20)23(13-15-27-16-14-23)17-25-22(26)12-7-18-5-3-4-6-21(18)24/h3-12H,2,13-17H2,1H3,(H,25,26). The van der Waals surface area contributed by atoms with Crippen LogP contribution in [0.25, 0.3) is 6.08 Å². The molecule has 1 N–H and O–H groups in total. The maximum Gasteiger partial charge on any atom is 0.244 e. The molecule has 1 fully saturated rings. The quantitative estimate of drug-likeness (QED) is 0.629. The molecule has 0 radical (unpaired) electrons. The molecule has 1 aliphatic rings. The van der Waals surface area contributed by atoms with Gasteiger partial charge in [-0.25, -0.2) is 0 Å². The predicted octanol–water partition coefficient (Wildman–Crippen LogP) is 4.73. The Hall–Kier alpha value is -2.11. The van der Waals surface area contributed by atoms with Gasteiger partial charge in [-0.1, -0.05) is 46.3 Å². The van der Waals surface area contributed by atoms with Crippen LogP contribution in [0, 0.1) is 0 Å². The van der Waals surface area contributed by atoms with Crippen molar-refractivity contribution in [2.75, 3.05) is 26.4 Å². The number of ether oxygens (including phenoxy) is 2. The van der Waals surface area contributed by atoms with Crippen molar-refractivity contribution >= 4 is 27.9 Å². The molecule has 2 aromatic rings. The zero-order valence-electron chi connectivity index (χ0n) is 16.1. The van der Waals surface area contributed by atoms with Gasteiger partial charge in [-0.05, 0) is 55.2 Å². The average molecular weight is 444 g/mol. The summed E-state index contributed by atoms with van der Waals surface area (Å²) in [7, 11) is 0. The Morgan fingerprint density at radius 1 is 1.18 bits per heavy atom. The van der Waals surface area contributed by atoms with E-state index in [-0.39, 0.29) is 11.3 Å². The molecule has 0 atom stereocenters. The summed E-state index contributed by atoms with van der Waals surface area (Å²) in [5.74, 6) is 0.779. The van der Waals surface area contributed by atoms with Gasteiger partial charge < -0.3 is 14.8 Å². The van der Waals surface area contributed by atoms with Crippen LogP contribution >= 0.6 is 15.9 Å². The van der Waals surface area contributed by atoms with Crippen LogP contribution in [-0.4, -0.2) is 32.3 Å². The molecule has 5 heteroatoms. The summed E-state index contributed by atoms with van der Waals surface area (Å²) in [5, 5.41) is 3.09. The molecule has 0 aliphatic carbocycles. The molecule has 0 bridgehead atoms. The smallest absolute Gasteiger partial charge is 0.244 e. The van der Waals surface area contributed by atoms with Gasteiger partial charge in [-0.2, -0.15) is 0 Å². The fourth-order valence-electron chi connectivity index (χ4n) is 3.49. The molecule has 0 unspecified atom stereocenters. The van der Waals surface area contributed by atoms with Crippen molar-refractivity contribution in [1.29, 1.82) is 0 Å². The summed E-state index contributed by atoms with van der Waals surface area (Å²) in [6.45, 7) is 4.62. The number of nitrogens with one attached hydrogen (secondary N) is 1. The molecule has 0 spiro atoms. The lowest BCUT2D eigenvalue weighted by atomic mass is 9.74. The largest absolute Gasteiger partial charge is 0.494 e. The van der Waals surface area contributed by atoms with E-state index in [0.717, 1.165) is 28.6 Å². The maximum absolute atomic E-state index is 12.4. The summed E-state index contributed by atoms with van der Waals surface area (Å²) in [4.78, 5) is 12.4. The Bertz CT molecular complexity index is 811. The van der Waals surface area contributed by atoms with Crippen LogP contribution in [0.15, 0.2) is 59.1 Å². The van der Waals surface area contributed by atoms with Crippen molar-refractivity contribution < 1.29 is 14.3 Å². The molecule has 1 saturated heterocycles. The summed E-state index contributed by atoms with van der Waals surface area (Å²) in [6.07, 6.45) is 5.18. The Labute approximate surface area is 175 Å². The third kappa shape index (κ3) is 5.24. The van der Waals surface area contributed by atoms with Crippen LogP contribution in [-0.2, 0) is 14.9 Å². The first kappa shape index (κ1) is 20.6. The van der Waals surface area contributed by atoms with Gasteiger partial charge in [-0.3, -0.25) is 4.79 Å². The van der Waals surface area contributed by atoms with Crippen molar-refractivity contribution in [3.63, 3.8) is 0 Å². The highest BCUT2D eigenvalue weighted by Gasteiger charge is 2.34. The first-order chi connectivity index (χ1) is 13.6. The molecule has 4 nitrogen and oxygen atoms in total. The van der Waals surface area contributed by atoms with Crippen molar-refractivity contribution in [2.45, 2.75) is 25.2 Å². The van der Waals surface area contributed by atoms with Gasteiger partial charge >= 0.3 is 0 Å². The summed E-state index contributed by atoms with van der Waals surface area (Å²) in [5.41, 5.74) is 2.08. The number of amides is 1. The zero-order valence-corrected chi connectivity index (χ0v) is 17.7. The number of rotatable bonds is 7. The Morgan fingerprint density at radius 3 is 2.57 bits per heavy atom. The highest BCUT2D eigenvalue weighted by atomic mass is 79.9. The van der Waals surface area contributed by atoms with Crippen LogP contribution in [0.1, 0.15) is 30.9 Å². The van der Waals surface area contributed by atoms with Crippen molar-refractivity contribution in [3.8, 4) is 5.75 Å². The van der Waals surface area contributed by atoms with Gasteiger partial charge in [0, 0.05) is 35.7 Å². The average Bonchev–Trinajstić information content (AvgIpc) is 2.73. The second kappa shape index (κ2) is 9.89. The molecule has 0 saturated carbocycles. The van der Waals surface area contributed by atoms with E-state index in [1.54, 1.807) is 6.08 Å². The molecule has 0 aromatic heterocycles. The minimum absolute atomic E-state index is 0.0902. The van der Waals surface area contributed by atoms with Gasteiger partial charge in [0.15, 0.2) is 0 Å². The van der Waals surface area contributed by atoms with Gasteiger partial charge in [0.25, 0.3) is 0 Å². The lowest BCUT2D eigenvalue weighted by Crippen LogP contribution is -2.44. The monoisotopic (exact) mass is 443 g/mol. The Balaban J connectivity index is 1.68. The Kier molecular flexibility index (Phi) is 7.29. The highest BCUT2D eigenvalue weighted by molar-refractivity contribution is 9.10. The summed E-state index contributed by atoms with van der Waals surface area (Å²) < 4.78 is 12.1. The second-order valence-electron chi connectivity index (χ2n) is 6.92. The summed E-state index contributed by atoms with van der Waals surface area (Å²) in [6, 6.07) is 16.1. The number of halogens is 1. The number of hydrogen-bond donors (Lipinski definition) is 1. The minimum atomic E-state index is -0.111. The van der Waals surface area contributed by atoms with Crippen LogP contribution in [0.3, 0.4) is 0 Å². The van der Waals surface area contributed by atoms with Gasteiger partial charge in [0.05, 0.1) is 6.61 Å². The van der Waals surface area contributed by atoms with Crippen molar-refractivity contribution in [3.05, 3.63) is 70.2 Å². The molecule has 1 aliphatic heterocycles. The van der Waals surface area contributed by atoms with E-state index in [4.69, 9.17) is 9.47 Å². The van der Waals surface area contributed by atoms with Crippen LogP contribution in [0.2, 0.25) is 0 Å². The lowest BCUT2D eigenvalue weighted by Gasteiger charge is -2.38. The molecule has 2 aromatic carbocycles. The maximum atomic E-state index is 12.4. The number of benzene rings is 2. The third-order valence-corrected chi connectivity index (χ3v) is 5.87. The first-order valence-electron chi connectivity index (χ1n) is 9.64. The topological polar surface area (TPSA) is 47.6 Å². The number of hydrogen-bond acceptors (Lipinski definition) is 3. The predicted molar refractivity (Wildman–Crippen MR) is 116 cm³/mol. The van der Waals surface area contributed by atoms with Gasteiger partial charge in [-0.15, -0.1) is 0 Å². The van der Waals surface area contributed by atoms with Crippen molar-refractivity contribution in [2.24, 2.45) is 0 Å². The molecule has 148 valence electrons. The fraction of sp³-hybridized carbons (Fsp3) is 0.348. The van der Waals surface area contributed by atoms with Crippen LogP contribution in [0.5, 0.6) is 5.75 Å². The molecule has 3 rings (SSSR count). The van der Waals surface area contributed by atoms with E-state index < -0.39 is 0 Å². The zero-order chi connectivity index (χ0) is 19.8. The third-order valence-electron chi connectivity index (χ3n) is 5.15.